The summed E-state index contributed by atoms with van der Waals surface area (Å²) in [5.41, 5.74) is -0.205. The Balaban J connectivity index is 1.74. The number of aryl methyl sites for hydroxylation is 1. The third kappa shape index (κ3) is 3.79. The fourth-order valence-electron chi connectivity index (χ4n) is 1.82. The van der Waals surface area contributed by atoms with Crippen LogP contribution in [0.25, 0.3) is 0 Å². The second kappa shape index (κ2) is 5.52. The summed E-state index contributed by atoms with van der Waals surface area (Å²) in [6.45, 7) is 6.74. The van der Waals surface area contributed by atoms with Crippen LogP contribution in [-0.2, 0) is 16.6 Å². The number of aromatic nitrogens is 2. The Bertz CT molecular complexity index is 472. The molecule has 1 saturated carbocycles. The van der Waals surface area contributed by atoms with Gasteiger partial charge in [0, 0.05) is 30.2 Å². The van der Waals surface area contributed by atoms with E-state index in [0.717, 1.165) is 12.8 Å². The molecule has 0 aromatic carbocycles. The zero-order valence-corrected chi connectivity index (χ0v) is 12.4. The molecule has 0 saturated heterocycles. The normalized spacial score (nSPS) is 17.0. The van der Waals surface area contributed by atoms with Gasteiger partial charge in [0.05, 0.1) is 6.61 Å². The number of nitrogens with one attached hydrogen (secondary N) is 1. The molecule has 0 radical (unpaired) electrons. The highest BCUT2D eigenvalue weighted by molar-refractivity contribution is 5.76. The fraction of sp³-hybridized carbons (Fsp3) is 0.786. The van der Waals surface area contributed by atoms with Crippen LogP contribution < -0.4 is 5.32 Å². The molecule has 1 amide bonds. The standard InChI is InChI=1S/C14H23N3O3/c1-13(2,3)12-16-11(20-17-12)5-4-10(19)15-8-14(9-18)6-7-14/h18H,4-9H2,1-3H3,(H,15,19). The van der Waals surface area contributed by atoms with Gasteiger partial charge in [0.25, 0.3) is 0 Å². The lowest BCUT2D eigenvalue weighted by atomic mass is 9.96. The minimum absolute atomic E-state index is 0.0415. The second-order valence-corrected chi connectivity index (χ2v) is 6.70. The number of carbonyl (C=O) groups excluding carboxylic acids is 1. The fourth-order valence-corrected chi connectivity index (χ4v) is 1.82. The number of hydrogen-bond donors (Lipinski definition) is 2. The molecule has 6 heteroatoms. The van der Waals surface area contributed by atoms with Gasteiger partial charge in [0.2, 0.25) is 11.8 Å². The summed E-state index contributed by atoms with van der Waals surface area (Å²) in [7, 11) is 0. The Morgan fingerprint density at radius 2 is 2.15 bits per heavy atom. The number of hydrogen-bond acceptors (Lipinski definition) is 5. The van der Waals surface area contributed by atoms with Crippen molar-refractivity contribution in [2.45, 2.75) is 51.9 Å². The molecular weight excluding hydrogens is 258 g/mol. The van der Waals surface area contributed by atoms with Crippen LogP contribution >= 0.6 is 0 Å². The van der Waals surface area contributed by atoms with E-state index >= 15 is 0 Å². The molecule has 0 aliphatic heterocycles. The van der Waals surface area contributed by atoms with Gasteiger partial charge >= 0.3 is 0 Å². The molecule has 112 valence electrons. The first-order valence-corrected chi connectivity index (χ1v) is 7.05. The third-order valence-corrected chi connectivity index (χ3v) is 3.66. The smallest absolute Gasteiger partial charge is 0.227 e. The van der Waals surface area contributed by atoms with E-state index in [9.17, 15) is 9.90 Å². The molecular formula is C14H23N3O3. The van der Waals surface area contributed by atoms with E-state index in [0.29, 0.717) is 31.1 Å². The minimum Gasteiger partial charge on any atom is -0.396 e. The number of rotatable bonds is 6. The molecule has 1 aliphatic rings. The van der Waals surface area contributed by atoms with E-state index < -0.39 is 0 Å². The Morgan fingerprint density at radius 3 is 2.65 bits per heavy atom. The number of aliphatic hydroxyl groups excluding tert-OH is 1. The monoisotopic (exact) mass is 281 g/mol. The van der Waals surface area contributed by atoms with Gasteiger partial charge in [-0.1, -0.05) is 25.9 Å². The molecule has 2 N–H and O–H groups in total. The lowest BCUT2D eigenvalue weighted by Crippen LogP contribution is -2.31. The zero-order chi connectivity index (χ0) is 14.8. The maximum atomic E-state index is 11.7. The highest BCUT2D eigenvalue weighted by atomic mass is 16.5. The maximum Gasteiger partial charge on any atom is 0.227 e. The Kier molecular flexibility index (Phi) is 4.13. The topological polar surface area (TPSA) is 88.2 Å². The molecule has 1 aromatic rings. The van der Waals surface area contributed by atoms with Crippen molar-refractivity contribution in [2.24, 2.45) is 5.41 Å². The Morgan fingerprint density at radius 1 is 1.45 bits per heavy atom. The van der Waals surface area contributed by atoms with Gasteiger partial charge in [-0.05, 0) is 12.8 Å². The predicted octanol–water partition coefficient (Wildman–Crippen LogP) is 1.19. The molecule has 2 rings (SSSR count). The molecule has 1 heterocycles. The van der Waals surface area contributed by atoms with Crippen molar-refractivity contribution in [3.8, 4) is 0 Å². The van der Waals surface area contributed by atoms with Crippen molar-refractivity contribution in [2.75, 3.05) is 13.2 Å². The number of amides is 1. The van der Waals surface area contributed by atoms with E-state index in [4.69, 9.17) is 4.52 Å². The van der Waals surface area contributed by atoms with Crippen LogP contribution in [0.2, 0.25) is 0 Å². The maximum absolute atomic E-state index is 11.7. The van der Waals surface area contributed by atoms with Crippen molar-refractivity contribution in [3.05, 3.63) is 11.7 Å². The lowest BCUT2D eigenvalue weighted by molar-refractivity contribution is -0.121. The summed E-state index contributed by atoms with van der Waals surface area (Å²) in [6.07, 6.45) is 2.75. The van der Waals surface area contributed by atoms with E-state index in [1.807, 2.05) is 20.8 Å². The number of nitrogens with zero attached hydrogens (tertiary/aromatic N) is 2. The van der Waals surface area contributed by atoms with Gasteiger partial charge in [0.1, 0.15) is 0 Å². The molecule has 0 atom stereocenters. The van der Waals surface area contributed by atoms with E-state index in [2.05, 4.69) is 15.5 Å². The largest absolute Gasteiger partial charge is 0.396 e. The highest BCUT2D eigenvalue weighted by Gasteiger charge is 2.41. The van der Waals surface area contributed by atoms with Gasteiger partial charge < -0.3 is 14.9 Å². The van der Waals surface area contributed by atoms with Gasteiger partial charge in [0.15, 0.2) is 5.82 Å². The molecule has 0 unspecified atom stereocenters. The average Bonchev–Trinajstić information content (AvgIpc) is 3.00. The first-order chi connectivity index (χ1) is 9.35. The van der Waals surface area contributed by atoms with E-state index in [-0.39, 0.29) is 23.3 Å². The summed E-state index contributed by atoms with van der Waals surface area (Å²) in [6, 6.07) is 0. The SMILES string of the molecule is CC(C)(C)c1noc(CCC(=O)NCC2(CO)CC2)n1. The molecule has 1 aromatic heterocycles. The van der Waals surface area contributed by atoms with Gasteiger partial charge in [-0.25, -0.2) is 0 Å². The van der Waals surface area contributed by atoms with Crippen LogP contribution in [-0.4, -0.2) is 34.3 Å². The van der Waals surface area contributed by atoms with E-state index in [1.165, 1.54) is 0 Å². The molecule has 1 aliphatic carbocycles. The predicted molar refractivity (Wildman–Crippen MR) is 73.1 cm³/mol. The second-order valence-electron chi connectivity index (χ2n) is 6.70. The van der Waals surface area contributed by atoms with Crippen LogP contribution in [0.4, 0.5) is 0 Å². The van der Waals surface area contributed by atoms with Crippen molar-refractivity contribution < 1.29 is 14.4 Å². The Hall–Kier alpha value is -1.43. The van der Waals surface area contributed by atoms with Crippen molar-refractivity contribution in [1.29, 1.82) is 0 Å². The Labute approximate surface area is 118 Å². The summed E-state index contributed by atoms with van der Waals surface area (Å²) in [4.78, 5) is 16.0. The summed E-state index contributed by atoms with van der Waals surface area (Å²) in [5, 5.41) is 15.9. The molecule has 0 spiro atoms. The minimum atomic E-state index is -0.149. The van der Waals surface area contributed by atoms with Crippen LogP contribution in [0.5, 0.6) is 0 Å². The van der Waals surface area contributed by atoms with Crippen LogP contribution in [0, 0.1) is 5.41 Å². The quantitative estimate of drug-likeness (QED) is 0.817. The number of aliphatic hydroxyl groups is 1. The van der Waals surface area contributed by atoms with E-state index in [1.54, 1.807) is 0 Å². The van der Waals surface area contributed by atoms with Crippen molar-refractivity contribution in [1.82, 2.24) is 15.5 Å². The summed E-state index contributed by atoms with van der Waals surface area (Å²) >= 11 is 0. The average molecular weight is 281 g/mol. The molecule has 20 heavy (non-hydrogen) atoms. The number of carbonyl (C=O) groups is 1. The first-order valence-electron chi connectivity index (χ1n) is 7.05. The van der Waals surface area contributed by atoms with Crippen LogP contribution in [0.1, 0.15) is 51.7 Å². The van der Waals surface area contributed by atoms with Gasteiger partial charge in [-0.15, -0.1) is 0 Å². The molecule has 6 nitrogen and oxygen atoms in total. The van der Waals surface area contributed by atoms with Gasteiger partial charge in [-0.2, -0.15) is 4.98 Å². The summed E-state index contributed by atoms with van der Waals surface area (Å²) in [5.74, 6) is 1.11. The van der Waals surface area contributed by atoms with Crippen LogP contribution in [0.3, 0.4) is 0 Å². The van der Waals surface area contributed by atoms with Crippen LogP contribution in [0.15, 0.2) is 4.52 Å². The summed E-state index contributed by atoms with van der Waals surface area (Å²) < 4.78 is 5.14. The lowest BCUT2D eigenvalue weighted by Gasteiger charge is -2.12. The zero-order valence-electron chi connectivity index (χ0n) is 12.4. The molecule has 0 bridgehead atoms. The third-order valence-electron chi connectivity index (χ3n) is 3.66. The van der Waals surface area contributed by atoms with Crippen molar-refractivity contribution >= 4 is 5.91 Å². The molecule has 1 fully saturated rings. The van der Waals surface area contributed by atoms with Gasteiger partial charge in [-0.3, -0.25) is 4.79 Å². The highest BCUT2D eigenvalue weighted by Crippen LogP contribution is 2.44. The van der Waals surface area contributed by atoms with Crippen molar-refractivity contribution in [3.63, 3.8) is 0 Å². The first kappa shape index (κ1) is 15.0.